The molecule has 0 aliphatic carbocycles. The van der Waals surface area contributed by atoms with Gasteiger partial charge in [0.05, 0.1) is 0 Å². The van der Waals surface area contributed by atoms with Gasteiger partial charge in [0.1, 0.15) is 5.82 Å². The molecule has 96 valence electrons. The van der Waals surface area contributed by atoms with Gasteiger partial charge >= 0.3 is 0 Å². The highest BCUT2D eigenvalue weighted by Crippen LogP contribution is 2.29. The summed E-state index contributed by atoms with van der Waals surface area (Å²) in [5.41, 5.74) is 1.22. The van der Waals surface area contributed by atoms with Crippen LogP contribution in [0.3, 0.4) is 0 Å². The highest BCUT2D eigenvalue weighted by Gasteiger charge is 2.31. The van der Waals surface area contributed by atoms with Crippen molar-refractivity contribution in [3.8, 4) is 0 Å². The first kappa shape index (κ1) is 13.1. The van der Waals surface area contributed by atoms with E-state index in [1.54, 1.807) is 24.0 Å². The fourth-order valence-corrected chi connectivity index (χ4v) is 2.95. The molecule has 1 aromatic rings. The van der Waals surface area contributed by atoms with Gasteiger partial charge in [-0.1, -0.05) is 11.8 Å². The monoisotopic (exact) mass is 267 g/mol. The summed E-state index contributed by atoms with van der Waals surface area (Å²) in [6.45, 7) is 3.68. The third-order valence-electron chi connectivity index (χ3n) is 2.88. The second kappa shape index (κ2) is 5.10. The van der Waals surface area contributed by atoms with Crippen molar-refractivity contribution in [2.75, 3.05) is 11.4 Å². The predicted octanol–water partition coefficient (Wildman–Crippen LogP) is 2.52. The SMILES string of the molecule is CC(=O)SC1CC(=O)N(c2ccc(F)c(C)c2)C1. The number of amides is 1. The maximum Gasteiger partial charge on any atom is 0.228 e. The van der Waals surface area contributed by atoms with Gasteiger partial charge in [-0.25, -0.2) is 4.39 Å². The van der Waals surface area contributed by atoms with E-state index in [0.717, 1.165) is 0 Å². The molecule has 5 heteroatoms. The van der Waals surface area contributed by atoms with Crippen LogP contribution in [0.15, 0.2) is 18.2 Å². The predicted molar refractivity (Wildman–Crippen MR) is 70.2 cm³/mol. The Morgan fingerprint density at radius 1 is 1.50 bits per heavy atom. The van der Waals surface area contributed by atoms with Crippen LogP contribution in [-0.4, -0.2) is 22.8 Å². The molecule has 0 N–H and O–H groups in total. The van der Waals surface area contributed by atoms with Crippen molar-refractivity contribution in [3.63, 3.8) is 0 Å². The Labute approximate surface area is 109 Å². The highest BCUT2D eigenvalue weighted by atomic mass is 32.2. The van der Waals surface area contributed by atoms with Crippen molar-refractivity contribution >= 4 is 28.5 Å². The normalized spacial score (nSPS) is 19.4. The molecular weight excluding hydrogens is 253 g/mol. The number of benzene rings is 1. The number of hydrogen-bond donors (Lipinski definition) is 0. The van der Waals surface area contributed by atoms with E-state index in [9.17, 15) is 14.0 Å². The van der Waals surface area contributed by atoms with E-state index >= 15 is 0 Å². The number of halogens is 1. The minimum absolute atomic E-state index is 0.000333. The number of anilines is 1. The lowest BCUT2D eigenvalue weighted by Crippen LogP contribution is -2.25. The van der Waals surface area contributed by atoms with E-state index in [2.05, 4.69) is 0 Å². The lowest BCUT2D eigenvalue weighted by atomic mass is 10.2. The largest absolute Gasteiger partial charge is 0.311 e. The molecule has 1 aliphatic rings. The lowest BCUT2D eigenvalue weighted by Gasteiger charge is -2.17. The van der Waals surface area contributed by atoms with Crippen LogP contribution in [0.25, 0.3) is 0 Å². The molecule has 1 aromatic carbocycles. The van der Waals surface area contributed by atoms with Crippen molar-refractivity contribution in [3.05, 3.63) is 29.6 Å². The molecule has 0 aromatic heterocycles. The van der Waals surface area contributed by atoms with Gasteiger partial charge in [-0.05, 0) is 30.7 Å². The zero-order valence-electron chi connectivity index (χ0n) is 10.3. The fourth-order valence-electron chi connectivity index (χ4n) is 2.03. The molecule has 0 radical (unpaired) electrons. The Morgan fingerprint density at radius 3 is 2.83 bits per heavy atom. The minimum Gasteiger partial charge on any atom is -0.311 e. The second-order valence-electron chi connectivity index (χ2n) is 4.37. The molecule has 3 nitrogen and oxygen atoms in total. The lowest BCUT2D eigenvalue weighted by molar-refractivity contribution is -0.117. The average molecular weight is 267 g/mol. The van der Waals surface area contributed by atoms with Gasteiger partial charge in [-0.3, -0.25) is 9.59 Å². The Hall–Kier alpha value is -1.36. The quantitative estimate of drug-likeness (QED) is 0.826. The van der Waals surface area contributed by atoms with E-state index in [-0.39, 0.29) is 22.1 Å². The van der Waals surface area contributed by atoms with Gasteiger partial charge < -0.3 is 4.90 Å². The molecule has 2 rings (SSSR count). The molecule has 0 spiro atoms. The summed E-state index contributed by atoms with van der Waals surface area (Å²) in [5, 5.41) is 0.0188. The third-order valence-corrected chi connectivity index (χ3v) is 3.86. The molecule has 1 unspecified atom stereocenters. The van der Waals surface area contributed by atoms with Gasteiger partial charge in [0.25, 0.3) is 0 Å². The van der Waals surface area contributed by atoms with Crippen molar-refractivity contribution in [1.82, 2.24) is 0 Å². The highest BCUT2D eigenvalue weighted by molar-refractivity contribution is 8.14. The number of carbonyl (C=O) groups is 2. The first-order valence-corrected chi connectivity index (χ1v) is 6.59. The van der Waals surface area contributed by atoms with E-state index in [1.165, 1.54) is 24.8 Å². The fraction of sp³-hybridized carbons (Fsp3) is 0.385. The standard InChI is InChI=1S/C13H14FNO2S/c1-8-5-10(3-4-12(8)14)15-7-11(6-13(15)17)18-9(2)16/h3-5,11H,6-7H2,1-2H3. The Kier molecular flexibility index (Phi) is 3.71. The van der Waals surface area contributed by atoms with Crippen molar-refractivity contribution in [2.24, 2.45) is 0 Å². The van der Waals surface area contributed by atoms with E-state index < -0.39 is 0 Å². The van der Waals surface area contributed by atoms with Gasteiger partial charge in [0.2, 0.25) is 5.91 Å². The Bertz CT molecular complexity index is 504. The third kappa shape index (κ3) is 2.72. The van der Waals surface area contributed by atoms with Gasteiger partial charge in [0, 0.05) is 30.8 Å². The summed E-state index contributed by atoms with van der Waals surface area (Å²) in [4.78, 5) is 24.5. The molecule has 1 atom stereocenters. The maximum absolute atomic E-state index is 13.2. The topological polar surface area (TPSA) is 37.4 Å². The van der Waals surface area contributed by atoms with Crippen molar-refractivity contribution < 1.29 is 14.0 Å². The zero-order valence-corrected chi connectivity index (χ0v) is 11.1. The Balaban J connectivity index is 2.16. The van der Waals surface area contributed by atoms with Gasteiger partial charge in [-0.2, -0.15) is 0 Å². The van der Waals surface area contributed by atoms with Crippen molar-refractivity contribution in [2.45, 2.75) is 25.5 Å². The maximum atomic E-state index is 13.2. The zero-order chi connectivity index (χ0) is 13.3. The van der Waals surface area contributed by atoms with Crippen LogP contribution < -0.4 is 4.90 Å². The van der Waals surface area contributed by atoms with Crippen molar-refractivity contribution in [1.29, 1.82) is 0 Å². The summed E-state index contributed by atoms with van der Waals surface area (Å²) >= 11 is 1.20. The summed E-state index contributed by atoms with van der Waals surface area (Å²) in [6, 6.07) is 4.62. The minimum atomic E-state index is -0.278. The first-order chi connectivity index (χ1) is 8.47. The van der Waals surface area contributed by atoms with Crippen LogP contribution >= 0.6 is 11.8 Å². The van der Waals surface area contributed by atoms with E-state index in [0.29, 0.717) is 24.2 Å². The molecule has 1 amide bonds. The van der Waals surface area contributed by atoms with E-state index in [4.69, 9.17) is 0 Å². The molecule has 0 saturated carbocycles. The molecule has 18 heavy (non-hydrogen) atoms. The van der Waals surface area contributed by atoms with Crippen LogP contribution in [0.4, 0.5) is 10.1 Å². The van der Waals surface area contributed by atoms with Crippen LogP contribution in [0.1, 0.15) is 18.9 Å². The summed E-state index contributed by atoms with van der Waals surface area (Å²) in [7, 11) is 0. The van der Waals surface area contributed by atoms with Crippen LogP contribution in [0.2, 0.25) is 0 Å². The van der Waals surface area contributed by atoms with Gasteiger partial charge in [-0.15, -0.1) is 0 Å². The summed E-state index contributed by atoms with van der Waals surface area (Å²) < 4.78 is 13.2. The molecule has 1 fully saturated rings. The van der Waals surface area contributed by atoms with E-state index in [1.807, 2.05) is 0 Å². The summed E-state index contributed by atoms with van der Waals surface area (Å²) in [6.07, 6.45) is 0.362. The average Bonchev–Trinajstić information content (AvgIpc) is 2.62. The molecular formula is C13H14FNO2S. The number of aryl methyl sites for hydroxylation is 1. The Morgan fingerprint density at radius 2 is 2.22 bits per heavy atom. The number of rotatable bonds is 2. The summed E-state index contributed by atoms with van der Waals surface area (Å²) in [5.74, 6) is -0.292. The molecule has 1 saturated heterocycles. The van der Waals surface area contributed by atoms with Crippen LogP contribution in [-0.2, 0) is 9.59 Å². The second-order valence-corrected chi connectivity index (χ2v) is 5.85. The first-order valence-electron chi connectivity index (χ1n) is 5.71. The van der Waals surface area contributed by atoms with Crippen LogP contribution in [0, 0.1) is 12.7 Å². The molecule has 1 aliphatic heterocycles. The van der Waals surface area contributed by atoms with Gasteiger partial charge in [0.15, 0.2) is 5.12 Å². The number of thioether (sulfide) groups is 1. The number of hydrogen-bond acceptors (Lipinski definition) is 3. The number of carbonyl (C=O) groups excluding carboxylic acids is 2. The molecule has 0 bridgehead atoms. The molecule has 1 heterocycles. The van der Waals surface area contributed by atoms with Crippen LogP contribution in [0.5, 0.6) is 0 Å². The smallest absolute Gasteiger partial charge is 0.228 e. The number of nitrogens with zero attached hydrogens (tertiary/aromatic N) is 1.